The fourth-order valence-electron chi connectivity index (χ4n) is 3.41. The zero-order chi connectivity index (χ0) is 15.4. The van der Waals surface area contributed by atoms with Gasteiger partial charge in [-0.15, -0.1) is 0 Å². The van der Waals surface area contributed by atoms with Gasteiger partial charge in [0.15, 0.2) is 5.96 Å². The normalized spacial score (nSPS) is 20.3. The van der Waals surface area contributed by atoms with Gasteiger partial charge in [0.05, 0.1) is 0 Å². The Labute approximate surface area is 134 Å². The Morgan fingerprint density at radius 1 is 1.23 bits per heavy atom. The van der Waals surface area contributed by atoms with Crippen molar-refractivity contribution in [1.29, 1.82) is 0 Å². The Morgan fingerprint density at radius 3 is 2.77 bits per heavy atom. The van der Waals surface area contributed by atoms with E-state index in [1.54, 1.807) is 0 Å². The van der Waals surface area contributed by atoms with E-state index in [9.17, 15) is 0 Å². The standard InChI is InChI=1S/C18H28N4/c1-3-19-18(20-14-15-8-11-21(2)12-9-15)22-13-10-16-6-4-5-7-17(16)22/h4-7,15H,3,8-14H2,1-2H3,(H,19,20). The molecular weight excluding hydrogens is 272 g/mol. The molecule has 0 atom stereocenters. The number of nitrogens with zero attached hydrogens (tertiary/aromatic N) is 3. The third-order valence-corrected chi connectivity index (χ3v) is 4.82. The van der Waals surface area contributed by atoms with E-state index in [0.29, 0.717) is 0 Å². The van der Waals surface area contributed by atoms with Crippen LogP contribution in [0.25, 0.3) is 0 Å². The number of para-hydroxylation sites is 1. The van der Waals surface area contributed by atoms with E-state index in [1.807, 2.05) is 0 Å². The van der Waals surface area contributed by atoms with Gasteiger partial charge in [-0.3, -0.25) is 4.99 Å². The highest BCUT2D eigenvalue weighted by molar-refractivity contribution is 5.97. The van der Waals surface area contributed by atoms with Crippen LogP contribution in [0, 0.1) is 5.92 Å². The van der Waals surface area contributed by atoms with Crippen LogP contribution < -0.4 is 10.2 Å². The first-order valence-corrected chi connectivity index (χ1v) is 8.60. The van der Waals surface area contributed by atoms with Gasteiger partial charge in [0.1, 0.15) is 0 Å². The highest BCUT2D eigenvalue weighted by atomic mass is 15.3. The molecule has 2 aliphatic heterocycles. The van der Waals surface area contributed by atoms with Crippen molar-refractivity contribution in [2.75, 3.05) is 44.7 Å². The number of nitrogens with one attached hydrogen (secondary N) is 1. The predicted octanol–water partition coefficient (Wildman–Crippen LogP) is 2.36. The summed E-state index contributed by atoms with van der Waals surface area (Å²) >= 11 is 0. The highest BCUT2D eigenvalue weighted by Gasteiger charge is 2.23. The van der Waals surface area contributed by atoms with Crippen LogP contribution in [0.1, 0.15) is 25.3 Å². The monoisotopic (exact) mass is 300 g/mol. The highest BCUT2D eigenvalue weighted by Crippen LogP contribution is 2.27. The molecule has 0 radical (unpaired) electrons. The van der Waals surface area contributed by atoms with Gasteiger partial charge >= 0.3 is 0 Å². The summed E-state index contributed by atoms with van der Waals surface area (Å²) in [4.78, 5) is 9.73. The van der Waals surface area contributed by atoms with Gasteiger partial charge in [-0.2, -0.15) is 0 Å². The van der Waals surface area contributed by atoms with E-state index in [0.717, 1.165) is 37.9 Å². The number of anilines is 1. The zero-order valence-corrected chi connectivity index (χ0v) is 13.9. The molecular formula is C18H28N4. The molecule has 0 unspecified atom stereocenters. The molecule has 0 saturated carbocycles. The van der Waals surface area contributed by atoms with Crippen molar-refractivity contribution in [2.24, 2.45) is 10.9 Å². The van der Waals surface area contributed by atoms with Crippen LogP contribution in [0.5, 0.6) is 0 Å². The lowest BCUT2D eigenvalue weighted by Crippen LogP contribution is -2.41. The molecule has 0 amide bonds. The average molecular weight is 300 g/mol. The molecule has 120 valence electrons. The summed E-state index contributed by atoms with van der Waals surface area (Å²) in [5.41, 5.74) is 2.76. The minimum absolute atomic E-state index is 0.739. The first-order valence-electron chi connectivity index (χ1n) is 8.60. The van der Waals surface area contributed by atoms with E-state index in [1.165, 1.54) is 37.2 Å². The van der Waals surface area contributed by atoms with Crippen molar-refractivity contribution in [3.05, 3.63) is 29.8 Å². The van der Waals surface area contributed by atoms with Crippen molar-refractivity contribution in [1.82, 2.24) is 10.2 Å². The molecule has 3 rings (SSSR count). The smallest absolute Gasteiger partial charge is 0.198 e. The van der Waals surface area contributed by atoms with Crippen molar-refractivity contribution < 1.29 is 0 Å². The summed E-state index contributed by atoms with van der Waals surface area (Å²) < 4.78 is 0. The summed E-state index contributed by atoms with van der Waals surface area (Å²) in [5.74, 6) is 1.80. The maximum Gasteiger partial charge on any atom is 0.198 e. The molecule has 2 heterocycles. The molecule has 1 N–H and O–H groups in total. The summed E-state index contributed by atoms with van der Waals surface area (Å²) in [6.07, 6.45) is 3.67. The Hall–Kier alpha value is -1.55. The minimum Gasteiger partial charge on any atom is -0.356 e. The first kappa shape index (κ1) is 15.3. The van der Waals surface area contributed by atoms with Crippen LogP contribution in [0.4, 0.5) is 5.69 Å². The third-order valence-electron chi connectivity index (χ3n) is 4.82. The summed E-state index contributed by atoms with van der Waals surface area (Å²) in [7, 11) is 2.21. The Morgan fingerprint density at radius 2 is 2.00 bits per heavy atom. The van der Waals surface area contributed by atoms with Crippen molar-refractivity contribution in [3.63, 3.8) is 0 Å². The molecule has 2 aliphatic rings. The molecule has 0 spiro atoms. The Kier molecular flexibility index (Phi) is 4.98. The van der Waals surface area contributed by atoms with Crippen molar-refractivity contribution in [3.8, 4) is 0 Å². The van der Waals surface area contributed by atoms with Crippen LogP contribution in [0.2, 0.25) is 0 Å². The Balaban J connectivity index is 1.69. The maximum absolute atomic E-state index is 4.96. The number of likely N-dealkylation sites (tertiary alicyclic amines) is 1. The molecule has 1 fully saturated rings. The van der Waals surface area contributed by atoms with E-state index < -0.39 is 0 Å². The number of hydrogen-bond acceptors (Lipinski definition) is 2. The molecule has 0 bridgehead atoms. The quantitative estimate of drug-likeness (QED) is 0.687. The number of hydrogen-bond donors (Lipinski definition) is 1. The number of aliphatic imine (C=N–C) groups is 1. The third kappa shape index (κ3) is 3.43. The van der Waals surface area contributed by atoms with E-state index >= 15 is 0 Å². The first-order chi connectivity index (χ1) is 10.8. The molecule has 22 heavy (non-hydrogen) atoms. The SMILES string of the molecule is CCNC(=NCC1CCN(C)CC1)N1CCc2ccccc21. The fourth-order valence-corrected chi connectivity index (χ4v) is 3.41. The predicted molar refractivity (Wildman–Crippen MR) is 93.7 cm³/mol. The molecule has 1 saturated heterocycles. The summed E-state index contributed by atoms with van der Waals surface area (Å²) in [6.45, 7) is 7.48. The van der Waals surface area contributed by atoms with Crippen LogP contribution >= 0.6 is 0 Å². The molecule has 4 heteroatoms. The number of fused-ring (bicyclic) bond motifs is 1. The van der Waals surface area contributed by atoms with Gasteiger partial charge in [-0.1, -0.05) is 18.2 Å². The van der Waals surface area contributed by atoms with Gasteiger partial charge in [0.2, 0.25) is 0 Å². The molecule has 1 aromatic carbocycles. The summed E-state index contributed by atoms with van der Waals surface area (Å²) in [6, 6.07) is 8.70. The van der Waals surface area contributed by atoms with Gasteiger partial charge in [0, 0.05) is 25.3 Å². The maximum atomic E-state index is 4.96. The second-order valence-corrected chi connectivity index (χ2v) is 6.47. The van der Waals surface area contributed by atoms with Crippen LogP contribution in [0.3, 0.4) is 0 Å². The summed E-state index contributed by atoms with van der Waals surface area (Å²) in [5, 5.41) is 3.48. The van der Waals surface area contributed by atoms with Gasteiger partial charge in [-0.25, -0.2) is 0 Å². The van der Waals surface area contributed by atoms with Crippen LogP contribution in [-0.4, -0.2) is 50.6 Å². The molecule has 1 aromatic rings. The zero-order valence-electron chi connectivity index (χ0n) is 13.9. The second kappa shape index (κ2) is 7.14. The lowest BCUT2D eigenvalue weighted by molar-refractivity contribution is 0.223. The van der Waals surface area contributed by atoms with Gasteiger partial charge in [-0.05, 0) is 63.9 Å². The van der Waals surface area contributed by atoms with Crippen LogP contribution in [-0.2, 0) is 6.42 Å². The minimum atomic E-state index is 0.739. The molecule has 0 aromatic heterocycles. The topological polar surface area (TPSA) is 30.9 Å². The largest absolute Gasteiger partial charge is 0.356 e. The molecule has 0 aliphatic carbocycles. The molecule has 4 nitrogen and oxygen atoms in total. The number of piperidine rings is 1. The number of benzene rings is 1. The van der Waals surface area contributed by atoms with Gasteiger partial charge in [0.25, 0.3) is 0 Å². The van der Waals surface area contributed by atoms with Crippen molar-refractivity contribution >= 4 is 11.6 Å². The van der Waals surface area contributed by atoms with Crippen molar-refractivity contribution in [2.45, 2.75) is 26.2 Å². The van der Waals surface area contributed by atoms with Gasteiger partial charge < -0.3 is 15.1 Å². The number of guanidine groups is 1. The van der Waals surface area contributed by atoms with E-state index in [2.05, 4.69) is 53.4 Å². The van der Waals surface area contributed by atoms with Crippen LogP contribution in [0.15, 0.2) is 29.3 Å². The van der Waals surface area contributed by atoms with E-state index in [4.69, 9.17) is 4.99 Å². The fraction of sp³-hybridized carbons (Fsp3) is 0.611. The second-order valence-electron chi connectivity index (χ2n) is 6.47. The average Bonchev–Trinajstić information content (AvgIpc) is 2.97. The Bertz CT molecular complexity index is 518. The lowest BCUT2D eigenvalue weighted by atomic mass is 9.97. The lowest BCUT2D eigenvalue weighted by Gasteiger charge is -2.28. The number of rotatable bonds is 3. The van der Waals surface area contributed by atoms with E-state index in [-0.39, 0.29) is 0 Å².